The summed E-state index contributed by atoms with van der Waals surface area (Å²) in [5, 5.41) is 2.86. The Morgan fingerprint density at radius 1 is 0.861 bits per heavy atom. The van der Waals surface area contributed by atoms with E-state index in [0.29, 0.717) is 55.5 Å². The van der Waals surface area contributed by atoms with Gasteiger partial charge in [-0.3, -0.25) is 14.4 Å². The molecule has 0 radical (unpaired) electrons. The maximum atomic E-state index is 13.1. The van der Waals surface area contributed by atoms with E-state index in [1.54, 1.807) is 38.8 Å². The van der Waals surface area contributed by atoms with Gasteiger partial charge in [-0.05, 0) is 54.1 Å². The lowest BCUT2D eigenvalue weighted by Crippen LogP contribution is -2.51. The van der Waals surface area contributed by atoms with Gasteiger partial charge in [-0.25, -0.2) is 4.39 Å². The van der Waals surface area contributed by atoms with Gasteiger partial charge in [-0.15, -0.1) is 0 Å². The number of hydrogen-bond donors (Lipinski definition) is 1. The maximum absolute atomic E-state index is 13.1. The van der Waals surface area contributed by atoms with Gasteiger partial charge in [-0.2, -0.15) is 0 Å². The molecule has 2 aliphatic heterocycles. The summed E-state index contributed by atoms with van der Waals surface area (Å²) in [6.07, 6.45) is 1.70. The number of hydrogen-bond acceptors (Lipinski definition) is 5. The first-order chi connectivity index (χ1) is 17.5. The molecule has 3 heterocycles. The van der Waals surface area contributed by atoms with Gasteiger partial charge in [0, 0.05) is 44.5 Å². The lowest BCUT2D eigenvalue weighted by molar-refractivity contribution is -0.121. The molecular weight excluding hydrogens is 467 g/mol. The summed E-state index contributed by atoms with van der Waals surface area (Å²) >= 11 is 0. The number of benzene rings is 2. The fourth-order valence-corrected chi connectivity index (χ4v) is 4.26. The average Bonchev–Trinajstić information content (AvgIpc) is 3.56. The second kappa shape index (κ2) is 10.1. The summed E-state index contributed by atoms with van der Waals surface area (Å²) < 4.78 is 25.4. The van der Waals surface area contributed by atoms with Crippen LogP contribution in [0.2, 0.25) is 0 Å². The topological polar surface area (TPSA) is 93.1 Å². The number of nitrogens with one attached hydrogen (secondary N) is 1. The first-order valence-electron chi connectivity index (χ1n) is 11.6. The standard InChI is InChI=1S/C26H25FN4O5/c27-20-6-4-19(5-7-20)25(33)29-10-12-30(13-11-29)26(34)21-2-1-9-31(21)16-24(32)28-15-18-3-8-22-23(14-18)36-17-35-22/h1-9,14H,10-13,15-17H2,(H,28,32). The molecule has 5 rings (SSSR count). The number of rotatable bonds is 6. The molecule has 36 heavy (non-hydrogen) atoms. The van der Waals surface area contributed by atoms with Crippen LogP contribution in [0, 0.1) is 5.82 Å². The van der Waals surface area contributed by atoms with Crippen molar-refractivity contribution in [2.24, 2.45) is 0 Å². The van der Waals surface area contributed by atoms with E-state index in [4.69, 9.17) is 9.47 Å². The molecule has 3 amide bonds. The molecule has 0 atom stereocenters. The van der Waals surface area contributed by atoms with Crippen molar-refractivity contribution in [2.75, 3.05) is 33.0 Å². The molecule has 0 bridgehead atoms. The minimum absolute atomic E-state index is 0.00163. The third-order valence-corrected chi connectivity index (χ3v) is 6.23. The summed E-state index contributed by atoms with van der Waals surface area (Å²) in [5.41, 5.74) is 1.70. The van der Waals surface area contributed by atoms with Crippen LogP contribution in [0.25, 0.3) is 0 Å². The fraction of sp³-hybridized carbons (Fsp3) is 0.269. The van der Waals surface area contributed by atoms with Crippen LogP contribution in [0.4, 0.5) is 4.39 Å². The zero-order valence-corrected chi connectivity index (χ0v) is 19.5. The van der Waals surface area contributed by atoms with Crippen molar-refractivity contribution >= 4 is 17.7 Å². The molecule has 1 aromatic heterocycles. The molecule has 1 N–H and O–H groups in total. The summed E-state index contributed by atoms with van der Waals surface area (Å²) in [5.74, 6) is 0.321. The first-order valence-corrected chi connectivity index (χ1v) is 11.6. The molecule has 1 saturated heterocycles. The number of ether oxygens (including phenoxy) is 2. The van der Waals surface area contributed by atoms with Gasteiger partial charge >= 0.3 is 0 Å². The van der Waals surface area contributed by atoms with Crippen molar-refractivity contribution in [2.45, 2.75) is 13.1 Å². The van der Waals surface area contributed by atoms with Gasteiger partial charge in [0.1, 0.15) is 18.1 Å². The Hall–Kier alpha value is -4.34. The fourth-order valence-electron chi connectivity index (χ4n) is 4.26. The average molecular weight is 493 g/mol. The predicted octanol–water partition coefficient (Wildman–Crippen LogP) is 2.27. The third-order valence-electron chi connectivity index (χ3n) is 6.23. The van der Waals surface area contributed by atoms with E-state index >= 15 is 0 Å². The van der Waals surface area contributed by atoms with Crippen LogP contribution >= 0.6 is 0 Å². The maximum Gasteiger partial charge on any atom is 0.270 e. The number of halogens is 1. The van der Waals surface area contributed by atoms with E-state index in [0.717, 1.165) is 5.56 Å². The van der Waals surface area contributed by atoms with Crippen LogP contribution in [-0.2, 0) is 17.9 Å². The van der Waals surface area contributed by atoms with Crippen molar-refractivity contribution in [1.82, 2.24) is 19.7 Å². The number of amides is 3. The molecule has 2 aliphatic rings. The number of aromatic nitrogens is 1. The Morgan fingerprint density at radius 3 is 2.31 bits per heavy atom. The Balaban J connectivity index is 1.14. The van der Waals surface area contributed by atoms with Gasteiger partial charge in [-0.1, -0.05) is 6.07 Å². The number of nitrogens with zero attached hydrogens (tertiary/aromatic N) is 3. The molecule has 0 spiro atoms. The van der Waals surface area contributed by atoms with E-state index < -0.39 is 5.82 Å². The largest absolute Gasteiger partial charge is 0.454 e. The highest BCUT2D eigenvalue weighted by molar-refractivity contribution is 5.95. The van der Waals surface area contributed by atoms with Crippen LogP contribution < -0.4 is 14.8 Å². The summed E-state index contributed by atoms with van der Waals surface area (Å²) in [4.78, 5) is 41.7. The summed E-state index contributed by atoms with van der Waals surface area (Å²) in [6, 6.07) is 14.3. The van der Waals surface area contributed by atoms with Crippen molar-refractivity contribution in [3.8, 4) is 11.5 Å². The van der Waals surface area contributed by atoms with Crippen molar-refractivity contribution in [3.63, 3.8) is 0 Å². The van der Waals surface area contributed by atoms with E-state index in [1.807, 2.05) is 12.1 Å². The van der Waals surface area contributed by atoms with Crippen LogP contribution in [0.5, 0.6) is 11.5 Å². The highest BCUT2D eigenvalue weighted by Crippen LogP contribution is 2.32. The monoisotopic (exact) mass is 492 g/mol. The first kappa shape index (κ1) is 23.4. The molecule has 0 aliphatic carbocycles. The molecule has 3 aromatic rings. The molecule has 2 aromatic carbocycles. The summed E-state index contributed by atoms with van der Waals surface area (Å²) in [6.45, 7) is 2.00. The Bertz CT molecular complexity index is 1280. The van der Waals surface area contributed by atoms with Crippen LogP contribution in [0.3, 0.4) is 0 Å². The van der Waals surface area contributed by atoms with Crippen LogP contribution in [-0.4, -0.2) is 65.1 Å². The molecule has 0 unspecified atom stereocenters. The minimum atomic E-state index is -0.397. The van der Waals surface area contributed by atoms with E-state index in [-0.39, 0.29) is 31.1 Å². The van der Waals surface area contributed by atoms with Gasteiger partial charge in [0.15, 0.2) is 11.5 Å². The van der Waals surface area contributed by atoms with Gasteiger partial charge in [0.05, 0.1) is 0 Å². The van der Waals surface area contributed by atoms with E-state index in [9.17, 15) is 18.8 Å². The molecule has 10 heteroatoms. The van der Waals surface area contributed by atoms with E-state index in [2.05, 4.69) is 5.32 Å². The lowest BCUT2D eigenvalue weighted by Gasteiger charge is -2.35. The van der Waals surface area contributed by atoms with Gasteiger partial charge < -0.3 is 29.2 Å². The molecule has 9 nitrogen and oxygen atoms in total. The zero-order chi connectivity index (χ0) is 25.1. The zero-order valence-electron chi connectivity index (χ0n) is 19.5. The Labute approximate surface area is 207 Å². The number of carbonyl (C=O) groups is 3. The SMILES string of the molecule is O=C(Cn1cccc1C(=O)N1CCN(C(=O)c2ccc(F)cc2)CC1)NCc1ccc2c(c1)OCO2. The smallest absolute Gasteiger partial charge is 0.270 e. The lowest BCUT2D eigenvalue weighted by atomic mass is 10.1. The minimum Gasteiger partial charge on any atom is -0.454 e. The van der Waals surface area contributed by atoms with Crippen molar-refractivity contribution in [3.05, 3.63) is 83.4 Å². The van der Waals surface area contributed by atoms with Gasteiger partial charge in [0.25, 0.3) is 11.8 Å². The second-order valence-corrected chi connectivity index (χ2v) is 8.58. The molecule has 0 saturated carbocycles. The van der Waals surface area contributed by atoms with Crippen molar-refractivity contribution in [1.29, 1.82) is 0 Å². The quantitative estimate of drug-likeness (QED) is 0.570. The highest BCUT2D eigenvalue weighted by Gasteiger charge is 2.27. The van der Waals surface area contributed by atoms with Crippen LogP contribution in [0.15, 0.2) is 60.8 Å². The Morgan fingerprint density at radius 2 is 1.56 bits per heavy atom. The Kier molecular flexibility index (Phi) is 6.57. The molecule has 1 fully saturated rings. The number of fused-ring (bicyclic) bond motifs is 1. The number of piperazine rings is 1. The molecule has 186 valence electrons. The van der Waals surface area contributed by atoms with Gasteiger partial charge in [0.2, 0.25) is 12.7 Å². The second-order valence-electron chi connectivity index (χ2n) is 8.58. The third kappa shape index (κ3) is 5.02. The number of carbonyl (C=O) groups excluding carboxylic acids is 3. The predicted molar refractivity (Wildman–Crippen MR) is 127 cm³/mol. The van der Waals surface area contributed by atoms with Crippen molar-refractivity contribution < 1.29 is 28.2 Å². The normalized spacial score (nSPS) is 14.6. The molecular formula is C26H25FN4O5. The highest BCUT2D eigenvalue weighted by atomic mass is 19.1. The van der Waals surface area contributed by atoms with Crippen LogP contribution in [0.1, 0.15) is 26.4 Å². The van der Waals surface area contributed by atoms with E-state index in [1.165, 1.54) is 24.3 Å². The summed E-state index contributed by atoms with van der Waals surface area (Å²) in [7, 11) is 0.